The summed E-state index contributed by atoms with van der Waals surface area (Å²) in [6.07, 6.45) is 5.17. The van der Waals surface area contributed by atoms with Gasteiger partial charge in [-0.2, -0.15) is 0 Å². The number of ether oxygens (including phenoxy) is 4. The van der Waals surface area contributed by atoms with Crippen LogP contribution in [0.5, 0.6) is 11.5 Å². The van der Waals surface area contributed by atoms with Gasteiger partial charge in [0.05, 0.1) is 32.8 Å². The van der Waals surface area contributed by atoms with Crippen molar-refractivity contribution in [2.75, 3.05) is 21.3 Å². The third kappa shape index (κ3) is 4.73. The molecule has 8 nitrogen and oxygen atoms in total. The first kappa shape index (κ1) is 25.8. The monoisotopic (exact) mass is 497 g/mol. The number of benzene rings is 1. The summed E-state index contributed by atoms with van der Waals surface area (Å²) >= 11 is 0. The molecule has 0 unspecified atom stereocenters. The zero-order chi connectivity index (χ0) is 26.0. The number of ketones is 1. The molecule has 0 spiro atoms. The van der Waals surface area contributed by atoms with E-state index in [1.165, 1.54) is 14.2 Å². The second-order valence-electron chi connectivity index (χ2n) is 9.81. The maximum Gasteiger partial charge on any atom is 0.337 e. The summed E-state index contributed by atoms with van der Waals surface area (Å²) in [4.78, 5) is 40.2. The molecular weight excluding hydrogens is 462 g/mol. The number of esters is 2. The van der Waals surface area contributed by atoms with Crippen LogP contribution >= 0.6 is 0 Å². The van der Waals surface area contributed by atoms with Gasteiger partial charge in [0, 0.05) is 28.6 Å². The highest BCUT2D eigenvalue weighted by Crippen LogP contribution is 2.48. The molecule has 1 heterocycles. The van der Waals surface area contributed by atoms with Crippen LogP contribution in [-0.2, 0) is 23.9 Å². The van der Waals surface area contributed by atoms with Gasteiger partial charge in [-0.15, -0.1) is 0 Å². The Morgan fingerprint density at radius 2 is 1.75 bits per heavy atom. The minimum atomic E-state index is -0.948. The number of allylic oxidation sites excluding steroid dienone is 3. The van der Waals surface area contributed by atoms with Crippen molar-refractivity contribution in [2.24, 2.45) is 11.8 Å². The van der Waals surface area contributed by atoms with Crippen molar-refractivity contribution in [2.45, 2.75) is 64.4 Å². The number of rotatable bonds is 6. The van der Waals surface area contributed by atoms with Gasteiger partial charge in [-0.05, 0) is 51.0 Å². The van der Waals surface area contributed by atoms with Gasteiger partial charge < -0.3 is 24.3 Å². The number of Topliss-reactive ketones (excluding diaryl/α,β-unsaturated/α-hetero) is 1. The predicted octanol–water partition coefficient (Wildman–Crippen LogP) is 4.19. The second-order valence-corrected chi connectivity index (χ2v) is 9.81. The fraction of sp³-hybridized carbons (Fsp3) is 0.536. The molecule has 1 saturated carbocycles. The van der Waals surface area contributed by atoms with Crippen molar-refractivity contribution in [3.05, 3.63) is 46.3 Å². The number of nitrogens with one attached hydrogen (secondary N) is 1. The summed E-state index contributed by atoms with van der Waals surface area (Å²) in [6.45, 7) is 3.69. The predicted molar refractivity (Wildman–Crippen MR) is 132 cm³/mol. The summed E-state index contributed by atoms with van der Waals surface area (Å²) in [7, 11) is 4.38. The molecule has 1 aromatic rings. The first-order chi connectivity index (χ1) is 17.3. The van der Waals surface area contributed by atoms with Crippen LogP contribution in [-0.4, -0.2) is 45.2 Å². The molecular formula is C28H35NO7. The van der Waals surface area contributed by atoms with Gasteiger partial charge >= 0.3 is 11.9 Å². The van der Waals surface area contributed by atoms with E-state index in [9.17, 15) is 14.4 Å². The van der Waals surface area contributed by atoms with E-state index >= 15 is 0 Å². The number of carbonyl (C=O) groups excluding carboxylic acids is 3. The largest absolute Gasteiger partial charge is 0.497 e. The second kappa shape index (κ2) is 10.8. The molecule has 0 saturated heterocycles. The molecule has 3 atom stereocenters. The summed E-state index contributed by atoms with van der Waals surface area (Å²) in [5, 5.41) is 3.30. The molecule has 4 rings (SSSR count). The summed E-state index contributed by atoms with van der Waals surface area (Å²) in [5.41, 5.74) is 2.72. The Morgan fingerprint density at radius 3 is 2.39 bits per heavy atom. The number of hydrogen-bond acceptors (Lipinski definition) is 8. The van der Waals surface area contributed by atoms with Crippen LogP contribution in [0.15, 0.2) is 40.7 Å². The molecule has 1 N–H and O–H groups in total. The zero-order valence-corrected chi connectivity index (χ0v) is 21.6. The fourth-order valence-electron chi connectivity index (χ4n) is 5.72. The van der Waals surface area contributed by atoms with Crippen molar-refractivity contribution in [1.29, 1.82) is 0 Å². The molecule has 0 aromatic heterocycles. The molecule has 1 fully saturated rings. The van der Waals surface area contributed by atoms with Crippen molar-refractivity contribution >= 4 is 17.7 Å². The third-order valence-electron chi connectivity index (χ3n) is 7.54. The highest BCUT2D eigenvalue weighted by atomic mass is 16.5. The van der Waals surface area contributed by atoms with Crippen LogP contribution in [0.4, 0.5) is 0 Å². The SMILES string of the molecule is COC(=O)[C@H]1C(=O)C2=C(C[C@@H]1C)NC(C)=C(C(=O)OC1CCCCC1)[C@@H]2c1ccc(OC)cc1OC. The molecule has 2 aliphatic carbocycles. The Hall–Kier alpha value is -3.29. The highest BCUT2D eigenvalue weighted by Gasteiger charge is 2.48. The molecule has 36 heavy (non-hydrogen) atoms. The average Bonchev–Trinajstić information content (AvgIpc) is 2.87. The van der Waals surface area contributed by atoms with Crippen LogP contribution in [0.1, 0.15) is 63.9 Å². The lowest BCUT2D eigenvalue weighted by atomic mass is 9.69. The lowest BCUT2D eigenvalue weighted by molar-refractivity contribution is -0.151. The van der Waals surface area contributed by atoms with Crippen molar-refractivity contribution in [1.82, 2.24) is 5.32 Å². The van der Waals surface area contributed by atoms with Crippen LogP contribution < -0.4 is 14.8 Å². The minimum absolute atomic E-state index is 0.148. The summed E-state index contributed by atoms with van der Waals surface area (Å²) in [6, 6.07) is 5.30. The lowest BCUT2D eigenvalue weighted by Gasteiger charge is -2.39. The van der Waals surface area contributed by atoms with Crippen LogP contribution in [0.3, 0.4) is 0 Å². The Balaban J connectivity index is 1.84. The molecule has 1 aromatic carbocycles. The van der Waals surface area contributed by atoms with Gasteiger partial charge in [-0.1, -0.05) is 19.4 Å². The lowest BCUT2D eigenvalue weighted by Crippen LogP contribution is -2.43. The molecule has 0 radical (unpaired) electrons. The standard InChI is InChI=1S/C28H35NO7/c1-15-13-20-25(26(30)22(15)27(31)35-5)24(19-12-11-18(33-3)14-21(19)34-4)23(16(2)29-20)28(32)36-17-9-7-6-8-10-17/h11-12,14-15,17,22,24,29H,6-10,13H2,1-5H3/t15-,22+,24-/m0/s1. The molecule has 0 bridgehead atoms. The van der Waals surface area contributed by atoms with E-state index in [-0.39, 0.29) is 17.8 Å². The summed E-state index contributed by atoms with van der Waals surface area (Å²) < 4.78 is 22.0. The Labute approximate surface area is 212 Å². The van der Waals surface area contributed by atoms with E-state index in [2.05, 4.69) is 5.32 Å². The highest BCUT2D eigenvalue weighted by molar-refractivity contribution is 6.12. The van der Waals surface area contributed by atoms with E-state index in [1.54, 1.807) is 25.3 Å². The molecule has 0 amide bonds. The smallest absolute Gasteiger partial charge is 0.337 e. The third-order valence-corrected chi connectivity index (χ3v) is 7.54. The van der Waals surface area contributed by atoms with E-state index < -0.39 is 23.8 Å². The summed E-state index contributed by atoms with van der Waals surface area (Å²) in [5.74, 6) is -2.27. The molecule has 8 heteroatoms. The van der Waals surface area contributed by atoms with Crippen LogP contribution in [0.25, 0.3) is 0 Å². The van der Waals surface area contributed by atoms with E-state index in [1.807, 2.05) is 13.8 Å². The average molecular weight is 498 g/mol. The normalized spacial score (nSPS) is 24.6. The maximum atomic E-state index is 13.9. The van der Waals surface area contributed by atoms with Crippen molar-refractivity contribution < 1.29 is 33.3 Å². The number of carbonyl (C=O) groups is 3. The van der Waals surface area contributed by atoms with Crippen molar-refractivity contribution in [3.63, 3.8) is 0 Å². The van der Waals surface area contributed by atoms with Gasteiger partial charge in [-0.3, -0.25) is 9.59 Å². The van der Waals surface area contributed by atoms with Gasteiger partial charge in [-0.25, -0.2) is 4.79 Å². The van der Waals surface area contributed by atoms with Gasteiger partial charge in [0.1, 0.15) is 23.5 Å². The van der Waals surface area contributed by atoms with E-state index in [4.69, 9.17) is 18.9 Å². The molecule has 1 aliphatic heterocycles. The van der Waals surface area contributed by atoms with Crippen molar-refractivity contribution in [3.8, 4) is 11.5 Å². The van der Waals surface area contributed by atoms with Crippen LogP contribution in [0, 0.1) is 11.8 Å². The molecule has 194 valence electrons. The fourth-order valence-corrected chi connectivity index (χ4v) is 5.72. The van der Waals surface area contributed by atoms with Crippen LogP contribution in [0.2, 0.25) is 0 Å². The minimum Gasteiger partial charge on any atom is -0.497 e. The number of hydrogen-bond donors (Lipinski definition) is 1. The number of dihydropyridines is 1. The van der Waals surface area contributed by atoms with Gasteiger partial charge in [0.15, 0.2) is 5.78 Å². The van der Waals surface area contributed by atoms with E-state index in [0.717, 1.165) is 32.1 Å². The topological polar surface area (TPSA) is 100 Å². The first-order valence-corrected chi connectivity index (χ1v) is 12.6. The molecule has 3 aliphatic rings. The Bertz CT molecular complexity index is 1110. The van der Waals surface area contributed by atoms with Gasteiger partial charge in [0.25, 0.3) is 0 Å². The number of methoxy groups -OCH3 is 3. The van der Waals surface area contributed by atoms with Gasteiger partial charge in [0.2, 0.25) is 0 Å². The zero-order valence-electron chi connectivity index (χ0n) is 21.6. The Kier molecular flexibility index (Phi) is 7.71. The maximum absolute atomic E-state index is 13.9. The van der Waals surface area contributed by atoms with E-state index in [0.29, 0.717) is 46.0 Å². The quantitative estimate of drug-likeness (QED) is 0.461. The Morgan fingerprint density at radius 1 is 1.03 bits per heavy atom. The first-order valence-electron chi connectivity index (χ1n) is 12.6.